The second-order valence-corrected chi connectivity index (χ2v) is 4.85. The van der Waals surface area contributed by atoms with Crippen LogP contribution in [0.4, 0.5) is 5.69 Å². The van der Waals surface area contributed by atoms with Crippen LogP contribution in [0.3, 0.4) is 0 Å². The highest BCUT2D eigenvalue weighted by molar-refractivity contribution is 5.50. The molecular formula is C13H18N2O5. The summed E-state index contributed by atoms with van der Waals surface area (Å²) in [5.41, 5.74) is -1.08. The molecule has 7 nitrogen and oxygen atoms in total. The molecule has 1 aliphatic heterocycles. The van der Waals surface area contributed by atoms with E-state index in [4.69, 9.17) is 9.47 Å². The third-order valence-corrected chi connectivity index (χ3v) is 3.39. The predicted molar refractivity (Wildman–Crippen MR) is 72.2 cm³/mol. The van der Waals surface area contributed by atoms with E-state index >= 15 is 0 Å². The number of hydrogen-bond donors (Lipinski definition) is 2. The summed E-state index contributed by atoms with van der Waals surface area (Å²) in [7, 11) is 1.48. The molecule has 1 fully saturated rings. The summed E-state index contributed by atoms with van der Waals surface area (Å²) >= 11 is 0. The first-order valence-corrected chi connectivity index (χ1v) is 6.42. The highest BCUT2D eigenvalue weighted by Crippen LogP contribution is 2.32. The number of nitrogens with one attached hydrogen (secondary N) is 1. The van der Waals surface area contributed by atoms with Crippen molar-refractivity contribution in [2.75, 3.05) is 26.8 Å². The van der Waals surface area contributed by atoms with Gasteiger partial charge in [0.05, 0.1) is 12.0 Å². The Bertz CT molecular complexity index is 486. The van der Waals surface area contributed by atoms with Crippen LogP contribution in [0.1, 0.15) is 12.8 Å². The van der Waals surface area contributed by atoms with Gasteiger partial charge in [-0.1, -0.05) is 0 Å². The summed E-state index contributed by atoms with van der Waals surface area (Å²) in [4.78, 5) is 10.5. The molecular weight excluding hydrogens is 264 g/mol. The molecule has 20 heavy (non-hydrogen) atoms. The van der Waals surface area contributed by atoms with Crippen molar-refractivity contribution in [3.8, 4) is 11.5 Å². The van der Waals surface area contributed by atoms with Gasteiger partial charge in [-0.2, -0.15) is 0 Å². The van der Waals surface area contributed by atoms with Crippen molar-refractivity contribution in [3.05, 3.63) is 28.3 Å². The third-order valence-electron chi connectivity index (χ3n) is 3.39. The normalized spacial score (nSPS) is 17.5. The summed E-state index contributed by atoms with van der Waals surface area (Å²) in [6.07, 6.45) is 1.12. The van der Waals surface area contributed by atoms with Crippen LogP contribution in [0, 0.1) is 10.1 Å². The first kappa shape index (κ1) is 14.5. The molecule has 0 atom stereocenters. The van der Waals surface area contributed by atoms with E-state index < -0.39 is 10.5 Å². The quantitative estimate of drug-likeness (QED) is 0.620. The summed E-state index contributed by atoms with van der Waals surface area (Å²) in [5.74, 6) is 0.587. The fourth-order valence-corrected chi connectivity index (χ4v) is 2.14. The van der Waals surface area contributed by atoms with Crippen molar-refractivity contribution < 1.29 is 19.5 Å². The lowest BCUT2D eigenvalue weighted by atomic mass is 9.93. The smallest absolute Gasteiger partial charge is 0.311 e. The van der Waals surface area contributed by atoms with Crippen LogP contribution < -0.4 is 14.8 Å². The topological polar surface area (TPSA) is 93.9 Å². The van der Waals surface area contributed by atoms with Crippen LogP contribution in [-0.2, 0) is 0 Å². The Balaban J connectivity index is 2.12. The van der Waals surface area contributed by atoms with Crippen molar-refractivity contribution in [3.63, 3.8) is 0 Å². The van der Waals surface area contributed by atoms with E-state index in [-0.39, 0.29) is 18.0 Å². The van der Waals surface area contributed by atoms with E-state index in [0.29, 0.717) is 31.7 Å². The molecule has 0 spiro atoms. The minimum Gasteiger partial charge on any atom is -0.497 e. The zero-order chi connectivity index (χ0) is 14.6. The molecule has 1 saturated heterocycles. The number of ether oxygens (including phenoxy) is 2. The number of nitrogens with zero attached hydrogens (tertiary/aromatic N) is 1. The summed E-state index contributed by atoms with van der Waals surface area (Å²) in [6, 6.07) is 4.30. The van der Waals surface area contributed by atoms with Crippen LogP contribution in [0.5, 0.6) is 11.5 Å². The lowest BCUT2D eigenvalue weighted by Gasteiger charge is -2.32. The van der Waals surface area contributed by atoms with Crippen LogP contribution in [-0.4, -0.2) is 42.4 Å². The second-order valence-electron chi connectivity index (χ2n) is 4.85. The maximum atomic E-state index is 11.0. The van der Waals surface area contributed by atoms with Gasteiger partial charge in [-0.15, -0.1) is 0 Å². The maximum Gasteiger partial charge on any atom is 0.311 e. The number of methoxy groups -OCH3 is 1. The van der Waals surface area contributed by atoms with Gasteiger partial charge in [0.1, 0.15) is 18.0 Å². The molecule has 0 aliphatic carbocycles. The molecule has 1 heterocycles. The average Bonchev–Trinajstić information content (AvgIpc) is 2.45. The van der Waals surface area contributed by atoms with Crippen LogP contribution in [0.15, 0.2) is 18.2 Å². The minimum atomic E-state index is -0.942. The maximum absolute atomic E-state index is 11.0. The fraction of sp³-hybridized carbons (Fsp3) is 0.538. The number of aliphatic hydroxyl groups is 1. The van der Waals surface area contributed by atoms with Crippen molar-refractivity contribution in [1.82, 2.24) is 5.32 Å². The summed E-state index contributed by atoms with van der Waals surface area (Å²) in [6.45, 7) is 1.45. The van der Waals surface area contributed by atoms with E-state index in [9.17, 15) is 15.2 Å². The molecule has 0 amide bonds. The molecule has 110 valence electrons. The zero-order valence-corrected chi connectivity index (χ0v) is 11.3. The molecule has 1 aliphatic rings. The van der Waals surface area contributed by atoms with Gasteiger partial charge >= 0.3 is 5.69 Å². The van der Waals surface area contributed by atoms with E-state index in [1.54, 1.807) is 0 Å². The molecule has 2 rings (SSSR count). The lowest BCUT2D eigenvalue weighted by molar-refractivity contribution is -0.386. The molecule has 0 radical (unpaired) electrons. The zero-order valence-electron chi connectivity index (χ0n) is 11.3. The molecule has 7 heteroatoms. The molecule has 1 aromatic rings. The van der Waals surface area contributed by atoms with Gasteiger partial charge in [0.15, 0.2) is 0 Å². The summed E-state index contributed by atoms with van der Waals surface area (Å²) in [5, 5.41) is 24.4. The first-order valence-electron chi connectivity index (χ1n) is 6.42. The standard InChI is InChI=1S/C13H18N2O5/c1-19-10-2-3-11(15(17)18)12(8-10)20-9-13(16)4-6-14-7-5-13/h2-3,8,14,16H,4-7,9H2,1H3. The van der Waals surface area contributed by atoms with Gasteiger partial charge in [-0.05, 0) is 32.0 Å². The molecule has 0 bridgehead atoms. The fourth-order valence-electron chi connectivity index (χ4n) is 2.14. The van der Waals surface area contributed by atoms with Gasteiger partial charge < -0.3 is 19.9 Å². The highest BCUT2D eigenvalue weighted by atomic mass is 16.6. The molecule has 0 aromatic heterocycles. The van der Waals surface area contributed by atoms with Crippen LogP contribution in [0.25, 0.3) is 0 Å². The van der Waals surface area contributed by atoms with E-state index in [1.807, 2.05) is 0 Å². The van der Waals surface area contributed by atoms with E-state index in [0.717, 1.165) is 0 Å². The van der Waals surface area contributed by atoms with Crippen molar-refractivity contribution in [1.29, 1.82) is 0 Å². The SMILES string of the molecule is COc1ccc([N+](=O)[O-])c(OCC2(O)CCNCC2)c1. The monoisotopic (exact) mass is 282 g/mol. The third kappa shape index (κ3) is 3.37. The Kier molecular flexibility index (Phi) is 4.41. The van der Waals surface area contributed by atoms with Gasteiger partial charge in [0.25, 0.3) is 0 Å². The van der Waals surface area contributed by atoms with E-state index in [1.165, 1.54) is 25.3 Å². The minimum absolute atomic E-state index is 0.0304. The Morgan fingerprint density at radius 1 is 1.45 bits per heavy atom. The van der Waals surface area contributed by atoms with Gasteiger partial charge in [0, 0.05) is 12.1 Å². The Hall–Kier alpha value is -1.86. The van der Waals surface area contributed by atoms with Crippen molar-refractivity contribution >= 4 is 5.69 Å². The second kappa shape index (κ2) is 6.06. The largest absolute Gasteiger partial charge is 0.497 e. The first-order chi connectivity index (χ1) is 9.54. The molecule has 2 N–H and O–H groups in total. The van der Waals surface area contributed by atoms with Gasteiger partial charge in [-0.3, -0.25) is 10.1 Å². The number of nitro groups is 1. The highest BCUT2D eigenvalue weighted by Gasteiger charge is 2.31. The number of nitro benzene ring substituents is 1. The Morgan fingerprint density at radius 3 is 2.75 bits per heavy atom. The van der Waals surface area contributed by atoms with E-state index in [2.05, 4.69) is 5.32 Å². The Labute approximate surface area is 116 Å². The van der Waals surface area contributed by atoms with Crippen LogP contribution in [0.2, 0.25) is 0 Å². The Morgan fingerprint density at radius 2 is 2.15 bits per heavy atom. The molecule has 0 saturated carbocycles. The van der Waals surface area contributed by atoms with Gasteiger partial charge in [-0.25, -0.2) is 0 Å². The van der Waals surface area contributed by atoms with Gasteiger partial charge in [0.2, 0.25) is 5.75 Å². The number of piperidine rings is 1. The summed E-state index contributed by atoms with van der Waals surface area (Å²) < 4.78 is 10.5. The van der Waals surface area contributed by atoms with Crippen molar-refractivity contribution in [2.24, 2.45) is 0 Å². The number of rotatable bonds is 5. The number of benzene rings is 1. The van der Waals surface area contributed by atoms with Crippen molar-refractivity contribution in [2.45, 2.75) is 18.4 Å². The average molecular weight is 282 g/mol. The predicted octanol–water partition coefficient (Wildman–Crippen LogP) is 1.10. The lowest BCUT2D eigenvalue weighted by Crippen LogP contribution is -2.46. The molecule has 0 unspecified atom stereocenters. The van der Waals surface area contributed by atoms with Crippen LogP contribution >= 0.6 is 0 Å². The number of hydrogen-bond acceptors (Lipinski definition) is 6. The molecule has 1 aromatic carbocycles.